The summed E-state index contributed by atoms with van der Waals surface area (Å²) in [5.74, 6) is 0.729. The van der Waals surface area contributed by atoms with E-state index in [1.165, 1.54) is 40.4 Å². The Kier molecular flexibility index (Phi) is 4.92. The zero-order chi connectivity index (χ0) is 19.0. The molecular formula is C19H17N3O3S2. The van der Waals surface area contributed by atoms with Crippen LogP contribution in [0.25, 0.3) is 10.2 Å². The Balaban J connectivity index is 1.58. The summed E-state index contributed by atoms with van der Waals surface area (Å²) in [5, 5.41) is 12.8. The quantitative estimate of drug-likeness (QED) is 0.203. The van der Waals surface area contributed by atoms with Gasteiger partial charge in [0.25, 0.3) is 5.69 Å². The maximum atomic E-state index is 12.5. The summed E-state index contributed by atoms with van der Waals surface area (Å²) in [7, 11) is 0. The third-order valence-corrected chi connectivity index (χ3v) is 6.93. The summed E-state index contributed by atoms with van der Waals surface area (Å²) in [6.07, 6.45) is 4.81. The fraction of sp³-hybridized carbons (Fsp3) is 0.316. The highest BCUT2D eigenvalue weighted by Gasteiger charge is 2.23. The van der Waals surface area contributed by atoms with Gasteiger partial charge in [-0.15, -0.1) is 11.3 Å². The summed E-state index contributed by atoms with van der Waals surface area (Å²) in [6, 6.07) is 5.86. The van der Waals surface area contributed by atoms with E-state index >= 15 is 0 Å². The molecule has 8 heteroatoms. The van der Waals surface area contributed by atoms with E-state index in [2.05, 4.69) is 16.9 Å². The summed E-state index contributed by atoms with van der Waals surface area (Å²) in [4.78, 5) is 34.1. The number of Topliss-reactive ketones (excluding diaryl/α,β-unsaturated/α-hetero) is 1. The number of rotatable bonds is 5. The first-order chi connectivity index (χ1) is 13.0. The van der Waals surface area contributed by atoms with Crippen molar-refractivity contribution in [2.24, 2.45) is 5.92 Å². The average molecular weight is 399 g/mol. The monoisotopic (exact) mass is 399 g/mol. The summed E-state index contributed by atoms with van der Waals surface area (Å²) < 4.78 is 0. The van der Waals surface area contributed by atoms with Crippen LogP contribution in [-0.4, -0.2) is 26.4 Å². The molecule has 6 nitrogen and oxygen atoms in total. The number of ketones is 1. The number of carbonyl (C=O) groups is 1. The number of nitro groups is 1. The van der Waals surface area contributed by atoms with E-state index < -0.39 is 4.92 Å². The highest BCUT2D eigenvalue weighted by molar-refractivity contribution is 8.00. The first-order valence-corrected chi connectivity index (χ1v) is 10.5. The molecule has 0 saturated carbocycles. The number of carbonyl (C=O) groups excluding carboxylic acids is 1. The van der Waals surface area contributed by atoms with E-state index in [-0.39, 0.29) is 17.2 Å². The van der Waals surface area contributed by atoms with Crippen LogP contribution in [0.1, 0.15) is 34.1 Å². The van der Waals surface area contributed by atoms with Crippen molar-refractivity contribution >= 4 is 44.8 Å². The molecule has 1 aromatic carbocycles. The van der Waals surface area contributed by atoms with Crippen molar-refractivity contribution in [3.8, 4) is 0 Å². The largest absolute Gasteiger partial charge is 0.293 e. The van der Waals surface area contributed by atoms with Crippen LogP contribution in [0.2, 0.25) is 0 Å². The molecule has 2 heterocycles. The number of thiophene rings is 1. The zero-order valence-electron chi connectivity index (χ0n) is 14.7. The SMILES string of the molecule is C[C@@H]1CCc2c(sc3ncnc(SCC(=O)c4cccc([N+](=O)[O-])c4)c23)C1. The second kappa shape index (κ2) is 7.36. The van der Waals surface area contributed by atoms with E-state index in [9.17, 15) is 14.9 Å². The van der Waals surface area contributed by atoms with Crippen molar-refractivity contribution in [1.29, 1.82) is 0 Å². The number of nitro benzene ring substituents is 1. The lowest BCUT2D eigenvalue weighted by atomic mass is 9.89. The number of hydrogen-bond donors (Lipinski definition) is 0. The summed E-state index contributed by atoms with van der Waals surface area (Å²) >= 11 is 3.11. The number of benzene rings is 1. The van der Waals surface area contributed by atoms with E-state index in [0.717, 1.165) is 34.5 Å². The number of thioether (sulfide) groups is 1. The van der Waals surface area contributed by atoms with Crippen molar-refractivity contribution in [3.05, 3.63) is 56.7 Å². The molecule has 0 aliphatic heterocycles. The van der Waals surface area contributed by atoms with Crippen LogP contribution in [0, 0.1) is 16.0 Å². The van der Waals surface area contributed by atoms with Crippen molar-refractivity contribution in [1.82, 2.24) is 9.97 Å². The second-order valence-corrected chi connectivity index (χ2v) is 8.78. The Morgan fingerprint density at radius 1 is 1.41 bits per heavy atom. The van der Waals surface area contributed by atoms with Crippen LogP contribution < -0.4 is 0 Å². The maximum absolute atomic E-state index is 12.5. The average Bonchev–Trinajstić information content (AvgIpc) is 3.04. The second-order valence-electron chi connectivity index (χ2n) is 6.73. The molecule has 0 amide bonds. The molecule has 0 spiro atoms. The fourth-order valence-electron chi connectivity index (χ4n) is 3.37. The molecule has 0 fully saturated rings. The Labute approximate surface area is 164 Å². The fourth-order valence-corrected chi connectivity index (χ4v) is 5.70. The van der Waals surface area contributed by atoms with E-state index in [1.54, 1.807) is 23.7 Å². The Bertz CT molecular complexity index is 1050. The molecule has 0 bridgehead atoms. The molecule has 4 rings (SSSR count). The molecule has 3 aromatic rings. The molecule has 1 aliphatic rings. The van der Waals surface area contributed by atoms with E-state index in [1.807, 2.05) is 0 Å². The van der Waals surface area contributed by atoms with Crippen molar-refractivity contribution in [2.45, 2.75) is 31.2 Å². The lowest BCUT2D eigenvalue weighted by Gasteiger charge is -2.18. The number of non-ortho nitro benzene ring substituents is 1. The molecule has 27 heavy (non-hydrogen) atoms. The van der Waals surface area contributed by atoms with Crippen LogP contribution in [0.4, 0.5) is 5.69 Å². The molecule has 0 saturated heterocycles. The molecule has 2 aromatic heterocycles. The van der Waals surface area contributed by atoms with Crippen LogP contribution in [0.5, 0.6) is 0 Å². The highest BCUT2D eigenvalue weighted by atomic mass is 32.2. The van der Waals surface area contributed by atoms with Gasteiger partial charge in [0.2, 0.25) is 0 Å². The van der Waals surface area contributed by atoms with Gasteiger partial charge in [0, 0.05) is 28.0 Å². The molecule has 138 valence electrons. The summed E-state index contributed by atoms with van der Waals surface area (Å²) in [6.45, 7) is 2.27. The van der Waals surface area contributed by atoms with Gasteiger partial charge < -0.3 is 0 Å². The lowest BCUT2D eigenvalue weighted by Crippen LogP contribution is -2.09. The normalized spacial score (nSPS) is 16.3. The smallest absolute Gasteiger partial charge is 0.270 e. The number of nitrogens with zero attached hydrogens (tertiary/aromatic N) is 3. The number of hydrogen-bond acceptors (Lipinski definition) is 7. The number of aromatic nitrogens is 2. The third kappa shape index (κ3) is 3.59. The van der Waals surface area contributed by atoms with Gasteiger partial charge in [-0.05, 0) is 30.7 Å². The van der Waals surface area contributed by atoms with Crippen LogP contribution in [0.15, 0.2) is 35.6 Å². The van der Waals surface area contributed by atoms with Crippen molar-refractivity contribution in [2.75, 3.05) is 5.75 Å². The Morgan fingerprint density at radius 2 is 2.26 bits per heavy atom. The van der Waals surface area contributed by atoms with Gasteiger partial charge in [0.1, 0.15) is 16.2 Å². The molecule has 1 atom stereocenters. The summed E-state index contributed by atoms with van der Waals surface area (Å²) in [5.41, 5.74) is 1.61. The molecule has 0 N–H and O–H groups in total. The zero-order valence-corrected chi connectivity index (χ0v) is 16.3. The van der Waals surface area contributed by atoms with Crippen LogP contribution >= 0.6 is 23.1 Å². The first-order valence-electron chi connectivity index (χ1n) is 8.68. The molecule has 1 aliphatic carbocycles. The van der Waals surface area contributed by atoms with Crippen molar-refractivity contribution < 1.29 is 9.72 Å². The predicted molar refractivity (Wildman–Crippen MR) is 107 cm³/mol. The van der Waals surface area contributed by atoms with Gasteiger partial charge in [0.15, 0.2) is 5.78 Å². The highest BCUT2D eigenvalue weighted by Crippen LogP contribution is 2.40. The minimum Gasteiger partial charge on any atom is -0.293 e. The topological polar surface area (TPSA) is 86.0 Å². The van der Waals surface area contributed by atoms with Gasteiger partial charge >= 0.3 is 0 Å². The van der Waals surface area contributed by atoms with Gasteiger partial charge in [0.05, 0.1) is 10.7 Å². The standard InChI is InChI=1S/C19H17N3O3S2/c1-11-5-6-14-16(7-11)27-19-17(14)18(20-10-21-19)26-9-15(23)12-3-2-4-13(8-12)22(24)25/h2-4,8,10-11H,5-7,9H2,1H3/t11-/m1/s1. The number of aryl methyl sites for hydroxylation is 1. The van der Waals surface area contributed by atoms with Crippen LogP contribution in [0.3, 0.4) is 0 Å². The van der Waals surface area contributed by atoms with Crippen molar-refractivity contribution in [3.63, 3.8) is 0 Å². The molecule has 0 unspecified atom stereocenters. The Morgan fingerprint density at radius 3 is 3.07 bits per heavy atom. The molecule has 0 radical (unpaired) electrons. The minimum absolute atomic E-state index is 0.0729. The predicted octanol–water partition coefficient (Wildman–Crippen LogP) is 4.70. The lowest BCUT2D eigenvalue weighted by molar-refractivity contribution is -0.384. The Hall–Kier alpha value is -2.32. The first kappa shape index (κ1) is 18.1. The number of fused-ring (bicyclic) bond motifs is 3. The van der Waals surface area contributed by atoms with Gasteiger partial charge in [-0.1, -0.05) is 30.8 Å². The van der Waals surface area contributed by atoms with Crippen LogP contribution in [-0.2, 0) is 12.8 Å². The van der Waals surface area contributed by atoms with E-state index in [0.29, 0.717) is 11.5 Å². The van der Waals surface area contributed by atoms with Gasteiger partial charge in [-0.2, -0.15) is 0 Å². The van der Waals surface area contributed by atoms with Gasteiger partial charge in [-0.25, -0.2) is 9.97 Å². The minimum atomic E-state index is -0.490. The van der Waals surface area contributed by atoms with Gasteiger partial charge in [-0.3, -0.25) is 14.9 Å². The maximum Gasteiger partial charge on any atom is 0.270 e. The molecular weight excluding hydrogens is 382 g/mol. The van der Waals surface area contributed by atoms with E-state index in [4.69, 9.17) is 0 Å². The third-order valence-electron chi connectivity index (χ3n) is 4.78.